The Morgan fingerprint density at radius 1 is 1.24 bits per heavy atom. The lowest BCUT2D eigenvalue weighted by atomic mass is 10.1. The van der Waals surface area contributed by atoms with Crippen LogP contribution in [0.3, 0.4) is 0 Å². The zero-order chi connectivity index (χ0) is 15.7. The second-order valence-electron chi connectivity index (χ2n) is 5.28. The number of nitrogen functional groups attached to an aromatic ring is 1. The summed E-state index contributed by atoms with van der Waals surface area (Å²) in [6.07, 6.45) is 3.52. The number of nitrogens with two attached hydrogens (primary N) is 2. The highest BCUT2D eigenvalue weighted by Gasteiger charge is 2.11. The van der Waals surface area contributed by atoms with E-state index < -0.39 is 0 Å². The van der Waals surface area contributed by atoms with Gasteiger partial charge in [0.1, 0.15) is 11.6 Å². The van der Waals surface area contributed by atoms with E-state index in [9.17, 15) is 4.79 Å². The summed E-state index contributed by atoms with van der Waals surface area (Å²) in [6.45, 7) is 3.22. The summed E-state index contributed by atoms with van der Waals surface area (Å²) in [5.41, 5.74) is 12.6. The molecule has 0 aromatic heterocycles. The van der Waals surface area contributed by atoms with E-state index in [4.69, 9.17) is 16.9 Å². The van der Waals surface area contributed by atoms with E-state index in [1.54, 1.807) is 0 Å². The van der Waals surface area contributed by atoms with Gasteiger partial charge in [-0.05, 0) is 31.9 Å². The topological polar surface area (TPSA) is 105 Å². The van der Waals surface area contributed by atoms with Crippen LogP contribution in [-0.4, -0.2) is 24.2 Å². The second kappa shape index (κ2) is 9.26. The number of nitrogens with one attached hydrogen (secondary N) is 2. The lowest BCUT2D eigenvalue weighted by Crippen LogP contribution is -2.33. The first-order valence-electron chi connectivity index (χ1n) is 7.44. The quantitative estimate of drug-likeness (QED) is 0.298. The van der Waals surface area contributed by atoms with Crippen LogP contribution in [0.4, 0.5) is 0 Å². The standard InChI is InChI=1S/C16H26N4O/c1-12(15(21)5-3-2-4-10-17)20-11-13-6-8-14(9-7-13)16(18)19/h6-9,12,20H,2-5,10-11,17H2,1H3,(H3,18,19). The fourth-order valence-electron chi connectivity index (χ4n) is 2.02. The molecule has 5 heteroatoms. The van der Waals surface area contributed by atoms with Crippen LogP contribution in [0.2, 0.25) is 0 Å². The Morgan fingerprint density at radius 2 is 1.90 bits per heavy atom. The molecular weight excluding hydrogens is 264 g/mol. The number of Topliss-reactive ketones (excluding diaryl/α,β-unsaturated/α-hetero) is 1. The highest BCUT2D eigenvalue weighted by atomic mass is 16.1. The van der Waals surface area contributed by atoms with Crippen LogP contribution in [-0.2, 0) is 11.3 Å². The monoisotopic (exact) mass is 290 g/mol. The molecule has 5 nitrogen and oxygen atoms in total. The van der Waals surface area contributed by atoms with E-state index in [0.29, 0.717) is 25.1 Å². The molecule has 0 spiro atoms. The predicted molar refractivity (Wildman–Crippen MR) is 86.3 cm³/mol. The van der Waals surface area contributed by atoms with Gasteiger partial charge in [-0.1, -0.05) is 30.7 Å². The molecular formula is C16H26N4O. The number of carbonyl (C=O) groups is 1. The van der Waals surface area contributed by atoms with Crippen molar-refractivity contribution >= 4 is 11.6 Å². The minimum atomic E-state index is -0.143. The van der Waals surface area contributed by atoms with Crippen molar-refractivity contribution in [3.63, 3.8) is 0 Å². The van der Waals surface area contributed by atoms with Gasteiger partial charge in [-0.25, -0.2) is 0 Å². The third-order valence-corrected chi connectivity index (χ3v) is 3.49. The fourth-order valence-corrected chi connectivity index (χ4v) is 2.02. The van der Waals surface area contributed by atoms with Gasteiger partial charge in [-0.3, -0.25) is 10.2 Å². The molecule has 6 N–H and O–H groups in total. The van der Waals surface area contributed by atoms with Gasteiger partial charge >= 0.3 is 0 Å². The van der Waals surface area contributed by atoms with E-state index >= 15 is 0 Å². The molecule has 1 rings (SSSR count). The lowest BCUT2D eigenvalue weighted by Gasteiger charge is -2.13. The van der Waals surface area contributed by atoms with Crippen molar-refractivity contribution in [3.8, 4) is 0 Å². The molecule has 0 aliphatic heterocycles. The first-order valence-corrected chi connectivity index (χ1v) is 7.44. The van der Waals surface area contributed by atoms with Gasteiger partial charge in [-0.2, -0.15) is 0 Å². The SMILES string of the molecule is CC(NCc1ccc(C(=N)N)cc1)C(=O)CCCCCN. The minimum absolute atomic E-state index is 0.0653. The highest BCUT2D eigenvalue weighted by molar-refractivity contribution is 5.94. The second-order valence-corrected chi connectivity index (χ2v) is 5.28. The van der Waals surface area contributed by atoms with Gasteiger partial charge < -0.3 is 16.8 Å². The van der Waals surface area contributed by atoms with Crippen LogP contribution in [0, 0.1) is 5.41 Å². The number of carbonyl (C=O) groups excluding carboxylic acids is 1. The maximum Gasteiger partial charge on any atom is 0.149 e. The number of rotatable bonds is 10. The van der Waals surface area contributed by atoms with Gasteiger partial charge in [0.15, 0.2) is 0 Å². The third kappa shape index (κ3) is 6.51. The number of unbranched alkanes of at least 4 members (excludes halogenated alkanes) is 2. The number of amidine groups is 1. The Bertz CT molecular complexity index is 456. The molecule has 1 aromatic carbocycles. The normalized spacial score (nSPS) is 12.1. The van der Waals surface area contributed by atoms with Gasteiger partial charge in [0.25, 0.3) is 0 Å². The smallest absolute Gasteiger partial charge is 0.149 e. The van der Waals surface area contributed by atoms with E-state index in [-0.39, 0.29) is 17.7 Å². The van der Waals surface area contributed by atoms with Crippen molar-refractivity contribution < 1.29 is 4.79 Å². The lowest BCUT2D eigenvalue weighted by molar-refractivity contribution is -0.120. The molecule has 0 heterocycles. The van der Waals surface area contributed by atoms with Crippen molar-refractivity contribution in [2.24, 2.45) is 11.5 Å². The predicted octanol–water partition coefficient (Wildman–Crippen LogP) is 1.54. The number of hydrogen-bond donors (Lipinski definition) is 4. The summed E-state index contributed by atoms with van der Waals surface area (Å²) in [5.74, 6) is 0.308. The molecule has 0 radical (unpaired) electrons. The van der Waals surface area contributed by atoms with Crippen LogP contribution < -0.4 is 16.8 Å². The molecule has 0 aliphatic rings. The summed E-state index contributed by atoms with van der Waals surface area (Å²) in [4.78, 5) is 11.9. The molecule has 0 amide bonds. The molecule has 1 atom stereocenters. The van der Waals surface area contributed by atoms with Crippen LogP contribution in [0.25, 0.3) is 0 Å². The van der Waals surface area contributed by atoms with Crippen molar-refractivity contribution in [2.45, 2.75) is 45.2 Å². The Balaban J connectivity index is 2.33. The molecule has 0 aliphatic carbocycles. The first-order chi connectivity index (χ1) is 10.0. The molecule has 1 unspecified atom stereocenters. The Kier molecular flexibility index (Phi) is 7.64. The van der Waals surface area contributed by atoms with Crippen LogP contribution >= 0.6 is 0 Å². The van der Waals surface area contributed by atoms with Gasteiger partial charge in [-0.15, -0.1) is 0 Å². The van der Waals surface area contributed by atoms with Crippen molar-refractivity contribution in [1.82, 2.24) is 5.32 Å². The minimum Gasteiger partial charge on any atom is -0.384 e. The maximum atomic E-state index is 11.9. The number of hydrogen-bond acceptors (Lipinski definition) is 4. The van der Waals surface area contributed by atoms with Gasteiger partial charge in [0.05, 0.1) is 6.04 Å². The molecule has 0 saturated heterocycles. The van der Waals surface area contributed by atoms with Gasteiger partial charge in [0.2, 0.25) is 0 Å². The van der Waals surface area contributed by atoms with E-state index in [1.807, 2.05) is 31.2 Å². The summed E-state index contributed by atoms with van der Waals surface area (Å²) in [5, 5.41) is 10.6. The van der Waals surface area contributed by atoms with Crippen LogP contribution in [0.15, 0.2) is 24.3 Å². The van der Waals surface area contributed by atoms with Gasteiger partial charge in [0, 0.05) is 18.5 Å². The molecule has 0 fully saturated rings. The molecule has 1 aromatic rings. The van der Waals surface area contributed by atoms with Crippen molar-refractivity contribution in [1.29, 1.82) is 5.41 Å². The summed E-state index contributed by atoms with van der Waals surface area (Å²) >= 11 is 0. The molecule has 21 heavy (non-hydrogen) atoms. The Hall–Kier alpha value is -1.72. The van der Waals surface area contributed by atoms with E-state index in [2.05, 4.69) is 5.32 Å². The first kappa shape index (κ1) is 17.3. The zero-order valence-corrected chi connectivity index (χ0v) is 12.7. The van der Waals surface area contributed by atoms with E-state index in [1.165, 1.54) is 0 Å². The number of ketones is 1. The van der Waals surface area contributed by atoms with Crippen LogP contribution in [0.1, 0.15) is 43.7 Å². The van der Waals surface area contributed by atoms with Crippen molar-refractivity contribution in [3.05, 3.63) is 35.4 Å². The Labute approximate surface area is 126 Å². The zero-order valence-electron chi connectivity index (χ0n) is 12.7. The third-order valence-electron chi connectivity index (χ3n) is 3.49. The molecule has 0 saturated carbocycles. The maximum absolute atomic E-state index is 11.9. The average molecular weight is 290 g/mol. The summed E-state index contributed by atoms with van der Waals surface area (Å²) in [7, 11) is 0. The summed E-state index contributed by atoms with van der Waals surface area (Å²) < 4.78 is 0. The number of benzene rings is 1. The largest absolute Gasteiger partial charge is 0.384 e. The van der Waals surface area contributed by atoms with E-state index in [0.717, 1.165) is 24.8 Å². The van der Waals surface area contributed by atoms with Crippen LogP contribution in [0.5, 0.6) is 0 Å². The molecule has 0 bridgehead atoms. The van der Waals surface area contributed by atoms with Crippen molar-refractivity contribution in [2.75, 3.05) is 6.54 Å². The fraction of sp³-hybridized carbons (Fsp3) is 0.500. The average Bonchev–Trinajstić information content (AvgIpc) is 2.49. The Morgan fingerprint density at radius 3 is 2.48 bits per heavy atom. The highest BCUT2D eigenvalue weighted by Crippen LogP contribution is 2.06. The molecule has 116 valence electrons. The summed E-state index contributed by atoms with van der Waals surface area (Å²) in [6, 6.07) is 7.33.